The maximum atomic E-state index is 6.37. The van der Waals surface area contributed by atoms with E-state index in [0.29, 0.717) is 5.50 Å². The molecule has 0 atom stereocenters. The predicted molar refractivity (Wildman–Crippen MR) is 98.0 cm³/mol. The molecule has 0 saturated carbocycles. The lowest BCUT2D eigenvalue weighted by molar-refractivity contribution is 0.322. The maximum absolute atomic E-state index is 6.37. The number of benzene rings is 2. The summed E-state index contributed by atoms with van der Waals surface area (Å²) in [6.07, 6.45) is 2.13. The van der Waals surface area contributed by atoms with E-state index in [1.165, 1.54) is 11.1 Å². The van der Waals surface area contributed by atoms with Gasteiger partial charge in [0.1, 0.15) is 0 Å². The minimum atomic E-state index is -1.87. The molecule has 2 aromatic rings. The molecule has 2 aromatic carbocycles. The normalized spacial score (nSPS) is 11.5. The first-order valence-electron chi connectivity index (χ1n) is 8.06. The summed E-state index contributed by atoms with van der Waals surface area (Å²) in [5.74, 6) is 0. The van der Waals surface area contributed by atoms with Crippen LogP contribution in [0.3, 0.4) is 0 Å². The molecule has 0 saturated heterocycles. The van der Waals surface area contributed by atoms with Crippen molar-refractivity contribution >= 4 is 19.9 Å². The van der Waals surface area contributed by atoms with Crippen molar-refractivity contribution < 1.29 is 4.43 Å². The van der Waals surface area contributed by atoms with Crippen LogP contribution < -0.4 is 0 Å². The van der Waals surface area contributed by atoms with Crippen LogP contribution in [0.5, 0.6) is 0 Å². The second-order valence-corrected chi connectivity index (χ2v) is 10.4. The molecule has 0 bridgehead atoms. The summed E-state index contributed by atoms with van der Waals surface area (Å²) in [5.41, 5.74) is 3.44. The maximum Gasteiger partial charge on any atom is 0.207 e. The van der Waals surface area contributed by atoms with E-state index in [1.54, 1.807) is 0 Å². The Kier molecular flexibility index (Phi) is 7.17. The summed E-state index contributed by atoms with van der Waals surface area (Å²) >= 11 is 6.37. The molecule has 1 nitrogen and oxygen atoms in total. The van der Waals surface area contributed by atoms with Gasteiger partial charge in [-0.15, -0.1) is 11.6 Å². The minimum Gasteiger partial charge on any atom is -0.416 e. The van der Waals surface area contributed by atoms with Crippen molar-refractivity contribution in [3.63, 3.8) is 0 Å². The molecular weight excluding hydrogens is 308 g/mol. The van der Waals surface area contributed by atoms with Crippen molar-refractivity contribution in [3.8, 4) is 0 Å². The van der Waals surface area contributed by atoms with Crippen molar-refractivity contribution in [2.45, 2.75) is 31.9 Å². The Bertz CT molecular complexity index is 486. The molecule has 0 spiro atoms. The summed E-state index contributed by atoms with van der Waals surface area (Å²) in [7, 11) is -1.87. The average Bonchev–Trinajstić information content (AvgIpc) is 2.59. The summed E-state index contributed by atoms with van der Waals surface area (Å²) < 4.78 is 6.23. The first kappa shape index (κ1) is 17.3. The number of halogens is 1. The second kappa shape index (κ2) is 9.14. The molecule has 0 unspecified atom stereocenters. The molecular formula is C19H25ClOSi. The van der Waals surface area contributed by atoms with E-state index in [1.807, 2.05) is 0 Å². The molecule has 0 amide bonds. The lowest BCUT2D eigenvalue weighted by Crippen LogP contribution is -2.42. The Labute approximate surface area is 140 Å². The molecule has 0 radical (unpaired) electrons. The second-order valence-electron chi connectivity index (χ2n) is 5.72. The smallest absolute Gasteiger partial charge is 0.207 e. The molecule has 0 heterocycles. The summed E-state index contributed by atoms with van der Waals surface area (Å²) in [4.78, 5) is 0. The van der Waals surface area contributed by atoms with Crippen LogP contribution in [0.1, 0.15) is 18.1 Å². The topological polar surface area (TPSA) is 9.23 Å². The van der Waals surface area contributed by atoms with E-state index in [0.717, 1.165) is 31.5 Å². The fraction of sp³-hybridized carbons (Fsp3) is 0.368. The molecule has 22 heavy (non-hydrogen) atoms. The monoisotopic (exact) mass is 332 g/mol. The first-order chi connectivity index (χ1) is 10.8. The van der Waals surface area contributed by atoms with Crippen molar-refractivity contribution in [3.05, 3.63) is 71.8 Å². The van der Waals surface area contributed by atoms with Gasteiger partial charge in [0.05, 0.1) is 0 Å². The van der Waals surface area contributed by atoms with Gasteiger partial charge in [-0.3, -0.25) is 0 Å². The van der Waals surface area contributed by atoms with Gasteiger partial charge in [-0.1, -0.05) is 60.7 Å². The third-order valence-corrected chi connectivity index (χ3v) is 9.29. The van der Waals surface area contributed by atoms with Gasteiger partial charge < -0.3 is 4.43 Å². The van der Waals surface area contributed by atoms with Crippen molar-refractivity contribution in [1.29, 1.82) is 0 Å². The van der Waals surface area contributed by atoms with Gasteiger partial charge in [-0.05, 0) is 43.0 Å². The Morgan fingerprint density at radius 1 is 0.818 bits per heavy atom. The van der Waals surface area contributed by atoms with Crippen molar-refractivity contribution in [1.82, 2.24) is 0 Å². The Balaban J connectivity index is 1.99. The zero-order chi connectivity index (χ0) is 15.7. The molecule has 0 aliphatic heterocycles. The first-order valence-corrected chi connectivity index (χ1v) is 11.1. The standard InChI is InChI=1S/C19H25ClOSi/c1-2-21-22(17-20,15-13-18-9-5-3-6-10-18)16-14-19-11-7-4-8-12-19/h3-12H,2,13-17H2,1H3. The van der Waals surface area contributed by atoms with Gasteiger partial charge in [0.15, 0.2) is 0 Å². The molecule has 0 aromatic heterocycles. The molecule has 0 N–H and O–H groups in total. The van der Waals surface area contributed by atoms with Crippen LogP contribution >= 0.6 is 11.6 Å². The van der Waals surface area contributed by atoms with Crippen molar-refractivity contribution in [2.24, 2.45) is 0 Å². The van der Waals surface area contributed by atoms with E-state index in [9.17, 15) is 0 Å². The number of rotatable bonds is 9. The van der Waals surface area contributed by atoms with E-state index in [-0.39, 0.29) is 0 Å². The van der Waals surface area contributed by atoms with E-state index >= 15 is 0 Å². The Morgan fingerprint density at radius 3 is 1.64 bits per heavy atom. The summed E-state index contributed by atoms with van der Waals surface area (Å²) in [6, 6.07) is 23.5. The van der Waals surface area contributed by atoms with Crippen LogP contribution in [0.15, 0.2) is 60.7 Å². The highest BCUT2D eigenvalue weighted by atomic mass is 35.5. The van der Waals surface area contributed by atoms with Crippen LogP contribution in [0.2, 0.25) is 12.1 Å². The van der Waals surface area contributed by atoms with E-state index in [4.69, 9.17) is 16.0 Å². The zero-order valence-electron chi connectivity index (χ0n) is 13.3. The minimum absolute atomic E-state index is 0.681. The van der Waals surface area contributed by atoms with Crippen LogP contribution in [0, 0.1) is 0 Å². The van der Waals surface area contributed by atoms with Gasteiger partial charge in [0.25, 0.3) is 0 Å². The molecule has 0 aliphatic rings. The van der Waals surface area contributed by atoms with Gasteiger partial charge in [0, 0.05) is 12.1 Å². The van der Waals surface area contributed by atoms with Crippen LogP contribution in [-0.2, 0) is 17.3 Å². The highest BCUT2D eigenvalue weighted by Crippen LogP contribution is 2.24. The molecule has 0 aliphatic carbocycles. The van der Waals surface area contributed by atoms with Gasteiger partial charge in [-0.25, -0.2) is 0 Å². The molecule has 3 heteroatoms. The number of hydrogen-bond acceptors (Lipinski definition) is 1. The Hall–Kier alpha value is -1.09. The largest absolute Gasteiger partial charge is 0.416 e. The van der Waals surface area contributed by atoms with Gasteiger partial charge in [0.2, 0.25) is 8.32 Å². The fourth-order valence-electron chi connectivity index (χ4n) is 2.78. The van der Waals surface area contributed by atoms with Crippen molar-refractivity contribution in [2.75, 3.05) is 12.1 Å². The van der Waals surface area contributed by atoms with E-state index in [2.05, 4.69) is 67.6 Å². The van der Waals surface area contributed by atoms with Crippen LogP contribution in [0.4, 0.5) is 0 Å². The van der Waals surface area contributed by atoms with Gasteiger partial charge in [-0.2, -0.15) is 0 Å². The predicted octanol–water partition coefficient (Wildman–Crippen LogP) is 5.23. The summed E-state index contributed by atoms with van der Waals surface area (Å²) in [6.45, 7) is 2.85. The lowest BCUT2D eigenvalue weighted by Gasteiger charge is -2.29. The zero-order valence-corrected chi connectivity index (χ0v) is 15.1. The Morgan fingerprint density at radius 2 is 1.27 bits per heavy atom. The molecule has 0 fully saturated rings. The van der Waals surface area contributed by atoms with Crippen LogP contribution in [-0.4, -0.2) is 20.4 Å². The van der Waals surface area contributed by atoms with Gasteiger partial charge >= 0.3 is 0 Å². The molecule has 118 valence electrons. The number of aryl methyl sites for hydroxylation is 2. The van der Waals surface area contributed by atoms with Crippen LogP contribution in [0.25, 0.3) is 0 Å². The number of hydrogen-bond donors (Lipinski definition) is 0. The fourth-order valence-corrected chi connectivity index (χ4v) is 6.80. The highest BCUT2D eigenvalue weighted by molar-refractivity contribution is 6.80. The average molecular weight is 333 g/mol. The third-order valence-electron chi connectivity index (χ3n) is 4.12. The highest BCUT2D eigenvalue weighted by Gasteiger charge is 2.33. The quantitative estimate of drug-likeness (QED) is 0.451. The van der Waals surface area contributed by atoms with E-state index < -0.39 is 8.32 Å². The third kappa shape index (κ3) is 5.27. The lowest BCUT2D eigenvalue weighted by atomic mass is 10.2. The summed E-state index contributed by atoms with van der Waals surface area (Å²) in [5, 5.41) is 0. The SMILES string of the molecule is CCO[Si](CCl)(CCc1ccccc1)CCc1ccccc1. The number of alkyl halides is 1. The molecule has 2 rings (SSSR count).